The lowest BCUT2D eigenvalue weighted by molar-refractivity contribution is -0.142. The lowest BCUT2D eigenvalue weighted by Crippen LogP contribution is -2.50. The van der Waals surface area contributed by atoms with Crippen LogP contribution in [0.4, 0.5) is 0 Å². The highest BCUT2D eigenvalue weighted by molar-refractivity contribution is 7.98. The van der Waals surface area contributed by atoms with Crippen molar-refractivity contribution in [2.75, 3.05) is 13.6 Å². The van der Waals surface area contributed by atoms with Crippen molar-refractivity contribution in [3.8, 4) is 0 Å². The number of carbonyl (C=O) groups is 3. The second-order valence-corrected chi connectivity index (χ2v) is 10.4. The predicted molar refractivity (Wildman–Crippen MR) is 155 cm³/mol. The first-order valence-electron chi connectivity index (χ1n) is 13.1. The van der Waals surface area contributed by atoms with Gasteiger partial charge in [-0.1, -0.05) is 54.6 Å². The summed E-state index contributed by atoms with van der Waals surface area (Å²) in [6.07, 6.45) is 6.97. The number of amides is 2. The molecule has 204 valence electrons. The van der Waals surface area contributed by atoms with Crippen molar-refractivity contribution in [1.29, 1.82) is 0 Å². The first-order valence-corrected chi connectivity index (χ1v) is 14.1. The second kappa shape index (κ2) is 17.2. The number of hydrogen-bond acceptors (Lipinski definition) is 4. The van der Waals surface area contributed by atoms with Crippen LogP contribution in [-0.2, 0) is 26.6 Å². The summed E-state index contributed by atoms with van der Waals surface area (Å²) in [5, 5.41) is 12.3. The van der Waals surface area contributed by atoms with Crippen molar-refractivity contribution in [3.63, 3.8) is 0 Å². The number of nitrogens with one attached hydrogen (secondary N) is 1. The van der Waals surface area contributed by atoms with Gasteiger partial charge < -0.3 is 15.3 Å². The minimum absolute atomic E-state index is 0.190. The van der Waals surface area contributed by atoms with Crippen LogP contribution in [0.1, 0.15) is 49.7 Å². The van der Waals surface area contributed by atoms with Crippen LogP contribution in [0.5, 0.6) is 0 Å². The maximum Gasteiger partial charge on any atom is 0.304 e. The van der Waals surface area contributed by atoms with E-state index < -0.39 is 23.8 Å². The minimum atomic E-state index is -1.03. The number of benzene rings is 2. The van der Waals surface area contributed by atoms with Gasteiger partial charge in [0, 0.05) is 36.6 Å². The molecular weight excluding hydrogens is 496 g/mol. The van der Waals surface area contributed by atoms with Crippen LogP contribution in [0.3, 0.4) is 0 Å². The average Bonchev–Trinajstić information content (AvgIpc) is 2.91. The van der Waals surface area contributed by atoms with Crippen LogP contribution < -0.4 is 5.32 Å². The van der Waals surface area contributed by atoms with Gasteiger partial charge in [0.05, 0.1) is 6.42 Å². The van der Waals surface area contributed by atoms with Gasteiger partial charge in [0.15, 0.2) is 0 Å². The van der Waals surface area contributed by atoms with E-state index in [-0.39, 0.29) is 12.3 Å². The Labute approximate surface area is 231 Å². The highest BCUT2D eigenvalue weighted by Gasteiger charge is 2.28. The molecule has 2 atom stereocenters. The number of carboxylic acid groups (broad SMARTS) is 1. The summed E-state index contributed by atoms with van der Waals surface area (Å²) < 4.78 is 0. The molecule has 0 aliphatic carbocycles. The van der Waals surface area contributed by atoms with E-state index in [2.05, 4.69) is 36.7 Å². The Morgan fingerprint density at radius 2 is 1.68 bits per heavy atom. The van der Waals surface area contributed by atoms with Crippen LogP contribution in [0, 0.1) is 5.92 Å². The van der Waals surface area contributed by atoms with Crippen molar-refractivity contribution in [2.24, 2.45) is 5.92 Å². The topological polar surface area (TPSA) is 86.7 Å². The zero-order chi connectivity index (χ0) is 27.8. The molecule has 2 N–H and O–H groups in total. The van der Waals surface area contributed by atoms with E-state index in [9.17, 15) is 19.5 Å². The molecule has 0 unspecified atom stereocenters. The fourth-order valence-electron chi connectivity index (χ4n) is 4.12. The largest absolute Gasteiger partial charge is 0.481 e. The maximum atomic E-state index is 13.4. The first-order chi connectivity index (χ1) is 18.3. The van der Waals surface area contributed by atoms with Crippen LogP contribution >= 0.6 is 11.8 Å². The molecule has 0 aromatic heterocycles. The molecule has 7 heteroatoms. The van der Waals surface area contributed by atoms with Gasteiger partial charge in [-0.2, -0.15) is 0 Å². The van der Waals surface area contributed by atoms with Gasteiger partial charge in [0.25, 0.3) is 0 Å². The zero-order valence-electron chi connectivity index (χ0n) is 22.3. The van der Waals surface area contributed by atoms with Gasteiger partial charge >= 0.3 is 5.97 Å². The van der Waals surface area contributed by atoms with Gasteiger partial charge in [0.1, 0.15) is 6.04 Å². The van der Waals surface area contributed by atoms with Crippen LogP contribution in [-0.4, -0.2) is 47.4 Å². The fraction of sp³-hybridized carbons (Fsp3) is 0.387. The van der Waals surface area contributed by atoms with Crippen molar-refractivity contribution in [1.82, 2.24) is 10.2 Å². The highest BCUT2D eigenvalue weighted by atomic mass is 32.2. The van der Waals surface area contributed by atoms with E-state index >= 15 is 0 Å². The Hall–Kier alpha value is -3.32. The molecule has 0 aliphatic heterocycles. The molecule has 6 nitrogen and oxygen atoms in total. The number of aliphatic carboxylic acids is 1. The van der Waals surface area contributed by atoms with E-state index in [1.165, 1.54) is 5.56 Å². The van der Waals surface area contributed by atoms with Crippen molar-refractivity contribution in [3.05, 3.63) is 91.0 Å². The van der Waals surface area contributed by atoms with Gasteiger partial charge in [-0.25, -0.2) is 0 Å². The summed E-state index contributed by atoms with van der Waals surface area (Å²) in [7, 11) is 1.73. The molecule has 0 aliphatic rings. The van der Waals surface area contributed by atoms with Crippen LogP contribution in [0.2, 0.25) is 0 Å². The van der Waals surface area contributed by atoms with Gasteiger partial charge in [0.2, 0.25) is 11.8 Å². The maximum absolute atomic E-state index is 13.4. The number of nitrogens with zero attached hydrogens (tertiary/aromatic N) is 1. The number of thioether (sulfide) groups is 1. The van der Waals surface area contributed by atoms with E-state index in [0.717, 1.165) is 29.1 Å². The molecule has 0 heterocycles. The number of unbranched alkanes of at least 4 members (excludes halogenated alkanes) is 2. The van der Waals surface area contributed by atoms with E-state index in [1.54, 1.807) is 29.8 Å². The zero-order valence-corrected chi connectivity index (χ0v) is 23.1. The number of rotatable bonds is 18. The standard InChI is InChI=1S/C31H40N2O4S/c1-4-6-9-17-26(22-29(34)35)30(36)32-28(31(37)33(3)19-12-7-5-2)21-25-16-13-18-27(20-25)38-23-24-14-10-8-11-15-24/h4-5,8,10-11,13-16,18,20,26,28H,1-2,6-7,9,12,17,19,21-23H2,3H3,(H,32,36)(H,34,35)/t26-,28+/m1/s1. The molecule has 2 rings (SSSR count). The Bertz CT molecular complexity index is 1060. The van der Waals surface area contributed by atoms with Gasteiger partial charge in [-0.15, -0.1) is 24.9 Å². The number of allylic oxidation sites excluding steroid dienone is 2. The number of carbonyl (C=O) groups excluding carboxylic acids is 2. The molecule has 0 radical (unpaired) electrons. The molecule has 2 aromatic rings. The first kappa shape index (κ1) is 30.9. The highest BCUT2D eigenvalue weighted by Crippen LogP contribution is 2.24. The Balaban J connectivity index is 2.18. The summed E-state index contributed by atoms with van der Waals surface area (Å²) in [6, 6.07) is 17.4. The third-order valence-corrected chi connectivity index (χ3v) is 7.30. The number of hydrogen-bond donors (Lipinski definition) is 2. The summed E-state index contributed by atoms with van der Waals surface area (Å²) in [5.74, 6) is -1.50. The molecule has 0 bridgehead atoms. The Kier molecular flexibility index (Phi) is 14.0. The van der Waals surface area contributed by atoms with Crippen LogP contribution in [0.25, 0.3) is 0 Å². The van der Waals surface area contributed by atoms with Crippen molar-refractivity contribution >= 4 is 29.5 Å². The SMILES string of the molecule is C=CCCC[C@H](CC(=O)O)C(=O)N[C@@H](Cc1cccc(SCc2ccccc2)c1)C(=O)N(C)CCCC=C. The minimum Gasteiger partial charge on any atom is -0.481 e. The Morgan fingerprint density at radius 3 is 2.37 bits per heavy atom. The molecule has 38 heavy (non-hydrogen) atoms. The average molecular weight is 537 g/mol. The molecule has 0 fully saturated rings. The third kappa shape index (κ3) is 11.4. The predicted octanol–water partition coefficient (Wildman–Crippen LogP) is 5.88. The Morgan fingerprint density at radius 1 is 1.00 bits per heavy atom. The monoisotopic (exact) mass is 536 g/mol. The summed E-state index contributed by atoms with van der Waals surface area (Å²) in [5.41, 5.74) is 2.16. The molecule has 0 spiro atoms. The van der Waals surface area contributed by atoms with Crippen LogP contribution in [0.15, 0.2) is 84.8 Å². The van der Waals surface area contributed by atoms with Crippen molar-refractivity contribution < 1.29 is 19.5 Å². The summed E-state index contributed by atoms with van der Waals surface area (Å²) in [6.45, 7) is 7.97. The van der Waals surface area contributed by atoms with E-state index in [4.69, 9.17) is 0 Å². The summed E-state index contributed by atoms with van der Waals surface area (Å²) >= 11 is 1.71. The second-order valence-electron chi connectivity index (χ2n) is 9.39. The molecule has 2 aromatic carbocycles. The lowest BCUT2D eigenvalue weighted by atomic mass is 9.96. The number of carboxylic acids is 1. The van der Waals surface area contributed by atoms with E-state index in [0.29, 0.717) is 32.2 Å². The smallest absolute Gasteiger partial charge is 0.304 e. The van der Waals surface area contributed by atoms with E-state index in [1.807, 2.05) is 42.5 Å². The number of likely N-dealkylation sites (N-methyl/N-ethyl adjacent to an activating group) is 1. The normalized spacial score (nSPS) is 12.2. The fourth-order valence-corrected chi connectivity index (χ4v) is 5.06. The van der Waals surface area contributed by atoms with Gasteiger partial charge in [-0.3, -0.25) is 14.4 Å². The molecule has 0 saturated heterocycles. The molecular formula is C31H40N2O4S. The summed E-state index contributed by atoms with van der Waals surface area (Å²) in [4.78, 5) is 40.8. The lowest BCUT2D eigenvalue weighted by Gasteiger charge is -2.26. The third-order valence-electron chi connectivity index (χ3n) is 6.23. The molecule has 2 amide bonds. The van der Waals surface area contributed by atoms with Crippen molar-refractivity contribution in [2.45, 2.75) is 61.6 Å². The van der Waals surface area contributed by atoms with Gasteiger partial charge in [-0.05, 0) is 55.4 Å². The quantitative estimate of drug-likeness (QED) is 0.141. The molecule has 0 saturated carbocycles.